The molecule has 158 valence electrons. The summed E-state index contributed by atoms with van der Waals surface area (Å²) < 4.78 is 25.5. The van der Waals surface area contributed by atoms with Gasteiger partial charge in [-0.2, -0.15) is 0 Å². The third-order valence-corrected chi connectivity index (χ3v) is 5.84. The van der Waals surface area contributed by atoms with E-state index in [1.807, 2.05) is 0 Å². The van der Waals surface area contributed by atoms with Gasteiger partial charge in [0.2, 0.25) is 0 Å². The third kappa shape index (κ3) is 4.83. The Morgan fingerprint density at radius 1 is 1.27 bits per heavy atom. The van der Waals surface area contributed by atoms with Crippen LogP contribution in [-0.2, 0) is 21.8 Å². The maximum Gasteiger partial charge on any atom is 0.337 e. The normalized spacial score (nSPS) is 11.1. The van der Waals surface area contributed by atoms with Gasteiger partial charge in [-0.15, -0.1) is 0 Å². The minimum Gasteiger partial charge on any atom is -0.465 e. The number of rotatable bonds is 8. The standard InChI is InChI=1S/C21H20ClFN2O4S/c1-28-10-4-9-25-19(26)14-8-7-13(20(27)29-2)11-18(14)24-21(25)30-12-15-16(22)5-3-6-17(15)23/h3,5-8,11H,4,9-10,12H2,1-2H3. The van der Waals surface area contributed by atoms with E-state index in [9.17, 15) is 14.0 Å². The maximum absolute atomic E-state index is 14.2. The number of esters is 1. The van der Waals surface area contributed by atoms with Crippen LogP contribution in [0.25, 0.3) is 10.9 Å². The molecule has 0 saturated heterocycles. The molecule has 0 N–H and O–H groups in total. The van der Waals surface area contributed by atoms with Gasteiger partial charge in [0, 0.05) is 36.6 Å². The number of methoxy groups -OCH3 is 2. The molecule has 0 atom stereocenters. The van der Waals surface area contributed by atoms with Crippen molar-refractivity contribution in [3.05, 3.63) is 68.7 Å². The highest BCUT2D eigenvalue weighted by Crippen LogP contribution is 2.28. The van der Waals surface area contributed by atoms with Crippen LogP contribution in [0.3, 0.4) is 0 Å². The van der Waals surface area contributed by atoms with Gasteiger partial charge in [-0.05, 0) is 36.8 Å². The van der Waals surface area contributed by atoms with E-state index in [2.05, 4.69) is 4.98 Å². The lowest BCUT2D eigenvalue weighted by Gasteiger charge is -2.14. The molecule has 0 aliphatic carbocycles. The SMILES string of the molecule is COCCCn1c(SCc2c(F)cccc2Cl)nc2cc(C(=O)OC)ccc2c1=O. The summed E-state index contributed by atoms with van der Waals surface area (Å²) in [4.78, 5) is 29.5. The van der Waals surface area contributed by atoms with Gasteiger partial charge < -0.3 is 9.47 Å². The number of hydrogen-bond donors (Lipinski definition) is 0. The highest BCUT2D eigenvalue weighted by Gasteiger charge is 2.16. The fraction of sp³-hybridized carbons (Fsp3) is 0.286. The molecule has 30 heavy (non-hydrogen) atoms. The number of hydrogen-bond acceptors (Lipinski definition) is 6. The summed E-state index contributed by atoms with van der Waals surface area (Å²) in [5.74, 6) is -0.739. The Balaban J connectivity index is 2.04. The largest absolute Gasteiger partial charge is 0.465 e. The number of thioether (sulfide) groups is 1. The molecule has 3 rings (SSSR count). The molecule has 0 bridgehead atoms. The van der Waals surface area contributed by atoms with E-state index in [0.717, 1.165) is 0 Å². The number of aromatic nitrogens is 2. The lowest BCUT2D eigenvalue weighted by molar-refractivity contribution is 0.0601. The molecule has 1 aromatic heterocycles. The second-order valence-corrected chi connectivity index (χ2v) is 7.76. The molecule has 2 aromatic carbocycles. The zero-order valence-corrected chi connectivity index (χ0v) is 18.1. The summed E-state index contributed by atoms with van der Waals surface area (Å²) in [6, 6.07) is 9.10. The van der Waals surface area contributed by atoms with Gasteiger partial charge in [0.05, 0.1) is 23.6 Å². The Morgan fingerprint density at radius 3 is 2.77 bits per heavy atom. The molecule has 9 heteroatoms. The van der Waals surface area contributed by atoms with Crippen LogP contribution in [0.2, 0.25) is 5.02 Å². The first kappa shape index (κ1) is 22.3. The van der Waals surface area contributed by atoms with E-state index in [-0.39, 0.29) is 11.3 Å². The molecule has 0 radical (unpaired) electrons. The Bertz CT molecular complexity index is 1120. The van der Waals surface area contributed by atoms with Crippen LogP contribution in [0.4, 0.5) is 4.39 Å². The van der Waals surface area contributed by atoms with Crippen LogP contribution in [0, 0.1) is 5.82 Å². The summed E-state index contributed by atoms with van der Waals surface area (Å²) in [6.07, 6.45) is 0.609. The molecular formula is C21H20ClFN2O4S. The van der Waals surface area contributed by atoms with Crippen LogP contribution in [-0.4, -0.2) is 36.3 Å². The first-order chi connectivity index (χ1) is 14.5. The fourth-order valence-electron chi connectivity index (χ4n) is 2.93. The molecule has 0 amide bonds. The molecule has 0 saturated carbocycles. The summed E-state index contributed by atoms with van der Waals surface area (Å²) in [5.41, 5.74) is 0.759. The van der Waals surface area contributed by atoms with Crippen LogP contribution in [0.5, 0.6) is 0 Å². The fourth-order valence-corrected chi connectivity index (χ4v) is 4.30. The topological polar surface area (TPSA) is 70.4 Å². The van der Waals surface area contributed by atoms with E-state index in [0.29, 0.717) is 51.8 Å². The summed E-state index contributed by atoms with van der Waals surface area (Å²) in [7, 11) is 2.87. The zero-order valence-electron chi connectivity index (χ0n) is 16.5. The Morgan fingerprint density at radius 2 is 2.07 bits per heavy atom. The van der Waals surface area contributed by atoms with E-state index in [4.69, 9.17) is 21.1 Å². The summed E-state index contributed by atoms with van der Waals surface area (Å²) >= 11 is 7.33. The number of benzene rings is 2. The quantitative estimate of drug-likeness (QED) is 0.220. The van der Waals surface area contributed by atoms with Crippen molar-refractivity contribution in [3.63, 3.8) is 0 Å². The van der Waals surface area contributed by atoms with E-state index < -0.39 is 11.8 Å². The second kappa shape index (κ2) is 10.1. The number of nitrogens with zero attached hydrogens (tertiary/aromatic N) is 2. The average Bonchev–Trinajstić information content (AvgIpc) is 2.74. The highest BCUT2D eigenvalue weighted by molar-refractivity contribution is 7.98. The predicted octanol–water partition coefficient (Wildman–Crippen LogP) is 4.30. The number of carbonyl (C=O) groups excluding carboxylic acids is 1. The van der Waals surface area contributed by atoms with Crippen molar-refractivity contribution in [1.82, 2.24) is 9.55 Å². The van der Waals surface area contributed by atoms with Gasteiger partial charge >= 0.3 is 5.97 Å². The highest BCUT2D eigenvalue weighted by atomic mass is 35.5. The Kier molecular flexibility index (Phi) is 7.47. The van der Waals surface area contributed by atoms with E-state index in [1.54, 1.807) is 23.8 Å². The minimum atomic E-state index is -0.518. The lowest BCUT2D eigenvalue weighted by Crippen LogP contribution is -2.24. The van der Waals surface area contributed by atoms with Crippen LogP contribution >= 0.6 is 23.4 Å². The van der Waals surface area contributed by atoms with E-state index in [1.165, 1.54) is 43.1 Å². The van der Waals surface area contributed by atoms with Gasteiger partial charge in [0.15, 0.2) is 5.16 Å². The molecule has 0 unspecified atom stereocenters. The number of carbonyl (C=O) groups is 1. The van der Waals surface area contributed by atoms with Crippen molar-refractivity contribution in [2.45, 2.75) is 23.9 Å². The molecule has 0 fully saturated rings. The van der Waals surface area contributed by atoms with Crippen molar-refractivity contribution in [2.24, 2.45) is 0 Å². The maximum atomic E-state index is 14.2. The molecule has 3 aromatic rings. The van der Waals surface area contributed by atoms with E-state index >= 15 is 0 Å². The van der Waals surface area contributed by atoms with Crippen molar-refractivity contribution in [2.75, 3.05) is 20.8 Å². The average molecular weight is 451 g/mol. The van der Waals surface area contributed by atoms with Gasteiger partial charge in [-0.1, -0.05) is 29.4 Å². The Labute approximate surface area is 182 Å². The van der Waals surface area contributed by atoms with Crippen LogP contribution in [0.15, 0.2) is 46.3 Å². The monoisotopic (exact) mass is 450 g/mol. The summed E-state index contributed by atoms with van der Waals surface area (Å²) in [6.45, 7) is 0.872. The van der Waals surface area contributed by atoms with Gasteiger partial charge in [0.1, 0.15) is 5.82 Å². The smallest absolute Gasteiger partial charge is 0.337 e. The van der Waals surface area contributed by atoms with Crippen LogP contribution < -0.4 is 5.56 Å². The molecule has 1 heterocycles. The third-order valence-electron chi connectivity index (χ3n) is 4.48. The van der Waals surface area contributed by atoms with Crippen LogP contribution in [0.1, 0.15) is 22.3 Å². The van der Waals surface area contributed by atoms with Crippen molar-refractivity contribution in [3.8, 4) is 0 Å². The second-order valence-electron chi connectivity index (χ2n) is 6.41. The molecule has 0 spiro atoms. The van der Waals surface area contributed by atoms with Gasteiger partial charge in [-0.3, -0.25) is 9.36 Å². The van der Waals surface area contributed by atoms with Crippen molar-refractivity contribution in [1.29, 1.82) is 0 Å². The lowest BCUT2D eigenvalue weighted by atomic mass is 10.1. The Hall–Kier alpha value is -2.42. The first-order valence-electron chi connectivity index (χ1n) is 9.13. The number of fused-ring (bicyclic) bond motifs is 1. The molecule has 6 nitrogen and oxygen atoms in total. The van der Waals surface area contributed by atoms with Crippen molar-refractivity contribution < 1.29 is 18.7 Å². The molecule has 0 aliphatic rings. The predicted molar refractivity (Wildman–Crippen MR) is 115 cm³/mol. The zero-order chi connectivity index (χ0) is 21.7. The molecule has 0 aliphatic heterocycles. The van der Waals surface area contributed by atoms with Gasteiger partial charge in [0.25, 0.3) is 5.56 Å². The number of halogens is 2. The molecular weight excluding hydrogens is 431 g/mol. The first-order valence-corrected chi connectivity index (χ1v) is 10.5. The van der Waals surface area contributed by atoms with Crippen molar-refractivity contribution >= 4 is 40.2 Å². The minimum absolute atomic E-state index is 0.199. The number of ether oxygens (including phenoxy) is 2. The summed E-state index contributed by atoms with van der Waals surface area (Å²) in [5, 5.41) is 1.10. The van der Waals surface area contributed by atoms with Gasteiger partial charge in [-0.25, -0.2) is 14.2 Å².